The standard InChI is InChI=1S/C17H19BrN4O/c1-12-11-13(18)5-6-14(12)19-17(23)15-7-8-16(21-20-15)22-9-3-2-4-10-22/h5-8,11H,2-4,9-10H2,1H3,(H,19,23). The molecule has 0 bridgehead atoms. The lowest BCUT2D eigenvalue weighted by atomic mass is 10.1. The number of carbonyl (C=O) groups is 1. The van der Waals surface area contributed by atoms with Crippen LogP contribution in [0.25, 0.3) is 0 Å². The second kappa shape index (κ2) is 7.08. The number of aryl methyl sites for hydroxylation is 1. The van der Waals surface area contributed by atoms with Crippen molar-refractivity contribution in [1.82, 2.24) is 10.2 Å². The molecule has 1 aliphatic rings. The van der Waals surface area contributed by atoms with Crippen molar-refractivity contribution in [1.29, 1.82) is 0 Å². The van der Waals surface area contributed by atoms with E-state index in [2.05, 4.69) is 36.3 Å². The average molecular weight is 375 g/mol. The maximum absolute atomic E-state index is 12.3. The van der Waals surface area contributed by atoms with Crippen LogP contribution in [0.4, 0.5) is 11.5 Å². The Morgan fingerprint density at radius 1 is 1.13 bits per heavy atom. The van der Waals surface area contributed by atoms with Crippen LogP contribution >= 0.6 is 15.9 Å². The second-order valence-corrected chi connectivity index (χ2v) is 6.65. The van der Waals surface area contributed by atoms with Crippen LogP contribution in [0.5, 0.6) is 0 Å². The number of amides is 1. The number of aromatic nitrogens is 2. The molecule has 0 saturated carbocycles. The van der Waals surface area contributed by atoms with Crippen molar-refractivity contribution < 1.29 is 4.79 Å². The summed E-state index contributed by atoms with van der Waals surface area (Å²) in [6.07, 6.45) is 3.65. The number of benzene rings is 1. The number of rotatable bonds is 3. The molecule has 0 spiro atoms. The summed E-state index contributed by atoms with van der Waals surface area (Å²) < 4.78 is 0.985. The van der Waals surface area contributed by atoms with Crippen molar-refractivity contribution in [3.63, 3.8) is 0 Å². The van der Waals surface area contributed by atoms with Gasteiger partial charge in [0, 0.05) is 23.2 Å². The molecule has 2 aromatic rings. The van der Waals surface area contributed by atoms with E-state index in [1.807, 2.05) is 31.2 Å². The molecule has 0 radical (unpaired) electrons. The lowest BCUT2D eigenvalue weighted by Gasteiger charge is -2.27. The number of anilines is 2. The quantitative estimate of drug-likeness (QED) is 0.887. The zero-order valence-corrected chi connectivity index (χ0v) is 14.6. The van der Waals surface area contributed by atoms with Crippen LogP contribution in [-0.2, 0) is 0 Å². The molecule has 2 heterocycles. The van der Waals surface area contributed by atoms with Crippen molar-refractivity contribution in [2.24, 2.45) is 0 Å². The van der Waals surface area contributed by atoms with Gasteiger partial charge in [-0.15, -0.1) is 10.2 Å². The molecule has 6 heteroatoms. The van der Waals surface area contributed by atoms with Crippen LogP contribution in [0, 0.1) is 6.92 Å². The summed E-state index contributed by atoms with van der Waals surface area (Å²) in [7, 11) is 0. The van der Waals surface area contributed by atoms with Gasteiger partial charge in [0.2, 0.25) is 0 Å². The van der Waals surface area contributed by atoms with Crippen molar-refractivity contribution >= 4 is 33.3 Å². The fourth-order valence-electron chi connectivity index (χ4n) is 2.69. The third-order valence-electron chi connectivity index (χ3n) is 4.00. The predicted molar refractivity (Wildman–Crippen MR) is 94.9 cm³/mol. The van der Waals surface area contributed by atoms with E-state index < -0.39 is 0 Å². The topological polar surface area (TPSA) is 58.1 Å². The summed E-state index contributed by atoms with van der Waals surface area (Å²) in [6, 6.07) is 9.34. The van der Waals surface area contributed by atoms with Gasteiger partial charge in [-0.3, -0.25) is 4.79 Å². The van der Waals surface area contributed by atoms with E-state index in [9.17, 15) is 4.79 Å². The number of hydrogen-bond donors (Lipinski definition) is 1. The zero-order chi connectivity index (χ0) is 16.2. The van der Waals surface area contributed by atoms with Gasteiger partial charge in [0.25, 0.3) is 5.91 Å². The molecule has 1 amide bonds. The lowest BCUT2D eigenvalue weighted by molar-refractivity contribution is 0.102. The average Bonchev–Trinajstić information content (AvgIpc) is 2.58. The van der Waals surface area contributed by atoms with Crippen LogP contribution in [0.2, 0.25) is 0 Å². The SMILES string of the molecule is Cc1cc(Br)ccc1NC(=O)c1ccc(N2CCCCC2)nn1. The smallest absolute Gasteiger partial charge is 0.276 e. The van der Waals surface area contributed by atoms with Gasteiger partial charge in [0.05, 0.1) is 0 Å². The third kappa shape index (κ3) is 3.88. The molecule has 1 saturated heterocycles. The molecule has 5 nitrogen and oxygen atoms in total. The summed E-state index contributed by atoms with van der Waals surface area (Å²) in [5.74, 6) is 0.606. The summed E-state index contributed by atoms with van der Waals surface area (Å²) in [6.45, 7) is 3.97. The molecule has 3 rings (SSSR count). The molecular weight excluding hydrogens is 356 g/mol. The van der Waals surface area contributed by atoms with E-state index in [1.54, 1.807) is 6.07 Å². The Bertz CT molecular complexity index is 696. The Morgan fingerprint density at radius 2 is 1.91 bits per heavy atom. The monoisotopic (exact) mass is 374 g/mol. The highest BCUT2D eigenvalue weighted by atomic mass is 79.9. The van der Waals surface area contributed by atoms with Crippen LogP contribution in [0.15, 0.2) is 34.8 Å². The fraction of sp³-hybridized carbons (Fsp3) is 0.353. The van der Waals surface area contributed by atoms with E-state index in [1.165, 1.54) is 19.3 Å². The fourth-order valence-corrected chi connectivity index (χ4v) is 3.17. The molecule has 120 valence electrons. The van der Waals surface area contributed by atoms with E-state index in [0.717, 1.165) is 34.6 Å². The summed E-state index contributed by atoms with van der Waals surface area (Å²) >= 11 is 3.41. The Balaban J connectivity index is 1.69. The Hall–Kier alpha value is -1.95. The van der Waals surface area contributed by atoms with Crippen LogP contribution in [0.1, 0.15) is 35.3 Å². The molecular formula is C17H19BrN4O. The predicted octanol–water partition coefficient (Wildman–Crippen LogP) is 3.79. The van der Waals surface area contributed by atoms with E-state index in [4.69, 9.17) is 0 Å². The highest BCUT2D eigenvalue weighted by Gasteiger charge is 2.14. The van der Waals surface area contributed by atoms with Crippen LogP contribution in [0.3, 0.4) is 0 Å². The Morgan fingerprint density at radius 3 is 2.57 bits per heavy atom. The minimum atomic E-state index is -0.242. The third-order valence-corrected chi connectivity index (χ3v) is 4.49. The minimum Gasteiger partial charge on any atom is -0.355 e. The maximum atomic E-state index is 12.3. The first-order valence-electron chi connectivity index (χ1n) is 7.80. The zero-order valence-electron chi connectivity index (χ0n) is 13.1. The highest BCUT2D eigenvalue weighted by molar-refractivity contribution is 9.10. The Kier molecular flexibility index (Phi) is 4.91. The van der Waals surface area contributed by atoms with Crippen molar-refractivity contribution in [2.75, 3.05) is 23.3 Å². The molecule has 1 fully saturated rings. The molecule has 0 atom stereocenters. The van der Waals surface area contributed by atoms with Gasteiger partial charge >= 0.3 is 0 Å². The molecule has 0 unspecified atom stereocenters. The summed E-state index contributed by atoms with van der Waals surface area (Å²) in [5.41, 5.74) is 2.10. The first kappa shape index (κ1) is 15.9. The van der Waals surface area contributed by atoms with Gasteiger partial charge < -0.3 is 10.2 Å². The minimum absolute atomic E-state index is 0.242. The maximum Gasteiger partial charge on any atom is 0.276 e. The number of piperidine rings is 1. The normalized spacial score (nSPS) is 14.6. The number of nitrogens with one attached hydrogen (secondary N) is 1. The molecule has 0 aliphatic carbocycles. The first-order valence-corrected chi connectivity index (χ1v) is 8.59. The van der Waals surface area contributed by atoms with Gasteiger partial charge in [-0.2, -0.15) is 0 Å². The molecule has 23 heavy (non-hydrogen) atoms. The molecule has 1 aromatic carbocycles. The van der Waals surface area contributed by atoms with Crippen molar-refractivity contribution in [2.45, 2.75) is 26.2 Å². The molecule has 1 aliphatic heterocycles. The second-order valence-electron chi connectivity index (χ2n) is 5.74. The number of halogens is 1. The van der Waals surface area contributed by atoms with E-state index in [-0.39, 0.29) is 5.91 Å². The van der Waals surface area contributed by atoms with Gasteiger partial charge in [-0.1, -0.05) is 15.9 Å². The van der Waals surface area contributed by atoms with Crippen molar-refractivity contribution in [3.8, 4) is 0 Å². The lowest BCUT2D eigenvalue weighted by Crippen LogP contribution is -2.30. The summed E-state index contributed by atoms with van der Waals surface area (Å²) in [5, 5.41) is 11.2. The van der Waals surface area contributed by atoms with Crippen molar-refractivity contribution in [3.05, 3.63) is 46.1 Å². The van der Waals surface area contributed by atoms with E-state index in [0.29, 0.717) is 5.69 Å². The van der Waals surface area contributed by atoms with Crippen LogP contribution in [-0.4, -0.2) is 29.2 Å². The molecule has 1 aromatic heterocycles. The highest BCUT2D eigenvalue weighted by Crippen LogP contribution is 2.21. The van der Waals surface area contributed by atoms with E-state index >= 15 is 0 Å². The van der Waals surface area contributed by atoms with Gasteiger partial charge in [0.15, 0.2) is 11.5 Å². The van der Waals surface area contributed by atoms with Crippen LogP contribution < -0.4 is 10.2 Å². The number of nitrogens with zero attached hydrogens (tertiary/aromatic N) is 3. The first-order chi connectivity index (χ1) is 11.1. The number of hydrogen-bond acceptors (Lipinski definition) is 4. The molecule has 1 N–H and O–H groups in total. The Labute approximate surface area is 144 Å². The summed E-state index contributed by atoms with van der Waals surface area (Å²) in [4.78, 5) is 14.5. The van der Waals surface area contributed by atoms with Gasteiger partial charge in [0.1, 0.15) is 0 Å². The number of carbonyl (C=O) groups excluding carboxylic acids is 1. The van der Waals surface area contributed by atoms with Gasteiger partial charge in [-0.05, 0) is 62.1 Å². The van der Waals surface area contributed by atoms with Gasteiger partial charge in [-0.25, -0.2) is 0 Å². The largest absolute Gasteiger partial charge is 0.355 e.